The smallest absolute Gasteiger partial charge is 0.234 e. The molecule has 140 valence electrons. The predicted octanol–water partition coefficient (Wildman–Crippen LogP) is 4.10. The lowest BCUT2D eigenvalue weighted by Crippen LogP contribution is -2.37. The van der Waals surface area contributed by atoms with Gasteiger partial charge >= 0.3 is 0 Å². The van der Waals surface area contributed by atoms with Crippen LogP contribution in [-0.4, -0.2) is 35.4 Å². The molecular formula is C22H25N3OS. The van der Waals surface area contributed by atoms with Crippen molar-refractivity contribution < 1.29 is 4.79 Å². The maximum atomic E-state index is 12.5. The van der Waals surface area contributed by atoms with E-state index in [-0.39, 0.29) is 11.9 Å². The molecule has 2 aromatic carbocycles. The topological polar surface area (TPSA) is 45.2 Å². The standard InChI is InChI=1S/C22H25N3OS/c1-16-7-2-3-8-17(16)12-13-23-21(26)15-25-14-6-10-19(25)22-24-18-9-4-5-11-20(18)27-22/h2-5,7-9,11,19H,6,10,12-15H2,1H3,(H,23,26)/t19-/m1/s1. The number of amides is 1. The molecule has 0 bridgehead atoms. The number of rotatable bonds is 6. The molecular weight excluding hydrogens is 354 g/mol. The number of carbonyl (C=O) groups is 1. The summed E-state index contributed by atoms with van der Waals surface area (Å²) in [5.74, 6) is 0.108. The molecule has 0 spiro atoms. The summed E-state index contributed by atoms with van der Waals surface area (Å²) in [5.41, 5.74) is 3.64. The third-order valence-corrected chi connectivity index (χ3v) is 6.42. The molecule has 1 fully saturated rings. The molecule has 4 nitrogen and oxygen atoms in total. The summed E-state index contributed by atoms with van der Waals surface area (Å²) in [6.45, 7) is 4.22. The van der Waals surface area contributed by atoms with Crippen LogP contribution in [0.1, 0.15) is 35.0 Å². The molecule has 1 atom stereocenters. The number of thiazole rings is 1. The van der Waals surface area contributed by atoms with E-state index in [1.807, 2.05) is 12.1 Å². The van der Waals surface area contributed by atoms with Gasteiger partial charge in [-0.05, 0) is 56.0 Å². The van der Waals surface area contributed by atoms with Gasteiger partial charge in [-0.2, -0.15) is 0 Å². The van der Waals surface area contributed by atoms with E-state index in [4.69, 9.17) is 4.98 Å². The first-order valence-electron chi connectivity index (χ1n) is 9.61. The maximum Gasteiger partial charge on any atom is 0.234 e. The van der Waals surface area contributed by atoms with Crippen LogP contribution in [0.4, 0.5) is 0 Å². The van der Waals surface area contributed by atoms with Crippen LogP contribution in [0, 0.1) is 6.92 Å². The van der Waals surface area contributed by atoms with Gasteiger partial charge in [0.2, 0.25) is 5.91 Å². The summed E-state index contributed by atoms with van der Waals surface area (Å²) < 4.78 is 1.22. The van der Waals surface area contributed by atoms with Crippen LogP contribution < -0.4 is 5.32 Å². The zero-order valence-corrected chi connectivity index (χ0v) is 16.5. The van der Waals surface area contributed by atoms with Crippen molar-refractivity contribution in [2.24, 2.45) is 0 Å². The quantitative estimate of drug-likeness (QED) is 0.701. The summed E-state index contributed by atoms with van der Waals surface area (Å²) in [4.78, 5) is 19.5. The van der Waals surface area contributed by atoms with Crippen LogP contribution in [0.15, 0.2) is 48.5 Å². The Hall–Kier alpha value is -2.24. The van der Waals surface area contributed by atoms with Crippen LogP contribution in [0.3, 0.4) is 0 Å². The first-order valence-corrected chi connectivity index (χ1v) is 10.4. The fourth-order valence-corrected chi connectivity index (χ4v) is 4.93. The van der Waals surface area contributed by atoms with Crippen LogP contribution >= 0.6 is 11.3 Å². The van der Waals surface area contributed by atoms with E-state index in [0.717, 1.165) is 36.3 Å². The Balaban J connectivity index is 1.34. The minimum atomic E-state index is 0.108. The van der Waals surface area contributed by atoms with E-state index in [9.17, 15) is 4.79 Å². The first-order chi connectivity index (χ1) is 13.2. The van der Waals surface area contributed by atoms with Crippen molar-refractivity contribution in [1.82, 2.24) is 15.2 Å². The number of fused-ring (bicyclic) bond motifs is 1. The van der Waals surface area contributed by atoms with E-state index in [1.165, 1.54) is 15.8 Å². The van der Waals surface area contributed by atoms with Gasteiger partial charge in [-0.25, -0.2) is 4.98 Å². The predicted molar refractivity (Wildman–Crippen MR) is 111 cm³/mol. The Labute approximate surface area is 164 Å². The minimum Gasteiger partial charge on any atom is -0.355 e. The van der Waals surface area contributed by atoms with E-state index >= 15 is 0 Å². The highest BCUT2D eigenvalue weighted by atomic mass is 32.1. The van der Waals surface area contributed by atoms with Crippen molar-refractivity contribution in [3.63, 3.8) is 0 Å². The number of benzene rings is 2. The number of aromatic nitrogens is 1. The zero-order chi connectivity index (χ0) is 18.6. The molecule has 0 saturated carbocycles. The molecule has 1 saturated heterocycles. The average molecular weight is 380 g/mol. The Bertz CT molecular complexity index is 903. The van der Waals surface area contributed by atoms with Crippen molar-refractivity contribution in [3.05, 3.63) is 64.7 Å². The lowest BCUT2D eigenvalue weighted by atomic mass is 10.1. The van der Waals surface area contributed by atoms with Gasteiger partial charge in [0.05, 0.1) is 22.8 Å². The number of hydrogen-bond acceptors (Lipinski definition) is 4. The Morgan fingerprint density at radius 2 is 2.04 bits per heavy atom. The van der Waals surface area contributed by atoms with Gasteiger partial charge in [0.1, 0.15) is 5.01 Å². The number of likely N-dealkylation sites (tertiary alicyclic amines) is 1. The van der Waals surface area contributed by atoms with Gasteiger partial charge in [-0.1, -0.05) is 36.4 Å². The number of nitrogens with zero attached hydrogens (tertiary/aromatic N) is 2. The van der Waals surface area contributed by atoms with Crippen molar-refractivity contribution >= 4 is 27.5 Å². The van der Waals surface area contributed by atoms with Crippen LogP contribution in [0.25, 0.3) is 10.2 Å². The average Bonchev–Trinajstić information content (AvgIpc) is 3.29. The second-order valence-electron chi connectivity index (χ2n) is 7.17. The third kappa shape index (κ3) is 4.20. The lowest BCUT2D eigenvalue weighted by Gasteiger charge is -2.22. The SMILES string of the molecule is Cc1ccccc1CCNC(=O)CN1CCC[C@@H]1c1nc2ccccc2s1. The molecule has 0 aliphatic carbocycles. The first kappa shape index (κ1) is 18.1. The number of nitrogens with one attached hydrogen (secondary N) is 1. The molecule has 0 radical (unpaired) electrons. The highest BCUT2D eigenvalue weighted by molar-refractivity contribution is 7.18. The molecule has 4 rings (SSSR count). The van der Waals surface area contributed by atoms with E-state index in [2.05, 4.69) is 53.5 Å². The van der Waals surface area contributed by atoms with Gasteiger partial charge < -0.3 is 5.32 Å². The molecule has 0 unspecified atom stereocenters. The number of aryl methyl sites for hydroxylation is 1. The Morgan fingerprint density at radius 3 is 2.89 bits per heavy atom. The van der Waals surface area contributed by atoms with Gasteiger partial charge in [0, 0.05) is 6.54 Å². The second kappa shape index (κ2) is 8.19. The second-order valence-corrected chi connectivity index (χ2v) is 8.24. The van der Waals surface area contributed by atoms with Crippen molar-refractivity contribution in [2.45, 2.75) is 32.2 Å². The molecule has 2 heterocycles. The molecule has 27 heavy (non-hydrogen) atoms. The molecule has 1 amide bonds. The molecule has 1 aliphatic rings. The Morgan fingerprint density at radius 1 is 1.22 bits per heavy atom. The van der Waals surface area contributed by atoms with E-state index in [0.29, 0.717) is 13.1 Å². The lowest BCUT2D eigenvalue weighted by molar-refractivity contribution is -0.122. The van der Waals surface area contributed by atoms with Gasteiger partial charge in [0.25, 0.3) is 0 Å². The summed E-state index contributed by atoms with van der Waals surface area (Å²) in [7, 11) is 0. The largest absolute Gasteiger partial charge is 0.355 e. The van der Waals surface area contributed by atoms with Crippen LogP contribution in [-0.2, 0) is 11.2 Å². The highest BCUT2D eigenvalue weighted by Crippen LogP contribution is 2.36. The summed E-state index contributed by atoms with van der Waals surface area (Å²) in [5, 5.41) is 4.23. The molecule has 5 heteroatoms. The van der Waals surface area contributed by atoms with Gasteiger partial charge in [-0.15, -0.1) is 11.3 Å². The van der Waals surface area contributed by atoms with E-state index in [1.54, 1.807) is 11.3 Å². The van der Waals surface area contributed by atoms with Crippen molar-refractivity contribution in [1.29, 1.82) is 0 Å². The van der Waals surface area contributed by atoms with Crippen LogP contribution in [0.5, 0.6) is 0 Å². The maximum absolute atomic E-state index is 12.5. The summed E-state index contributed by atoms with van der Waals surface area (Å²) in [6.07, 6.45) is 3.08. The van der Waals surface area contributed by atoms with Gasteiger partial charge in [-0.3, -0.25) is 9.69 Å². The van der Waals surface area contributed by atoms with Crippen LogP contribution in [0.2, 0.25) is 0 Å². The van der Waals surface area contributed by atoms with E-state index < -0.39 is 0 Å². The fourth-order valence-electron chi connectivity index (χ4n) is 3.80. The third-order valence-electron chi connectivity index (χ3n) is 5.28. The Kier molecular flexibility index (Phi) is 5.50. The summed E-state index contributed by atoms with van der Waals surface area (Å²) in [6, 6.07) is 16.9. The molecule has 3 aromatic rings. The monoisotopic (exact) mass is 379 g/mol. The fraction of sp³-hybridized carbons (Fsp3) is 0.364. The summed E-state index contributed by atoms with van der Waals surface area (Å²) >= 11 is 1.76. The molecule has 1 aromatic heterocycles. The highest BCUT2D eigenvalue weighted by Gasteiger charge is 2.29. The van der Waals surface area contributed by atoms with Crippen molar-refractivity contribution in [2.75, 3.05) is 19.6 Å². The number of para-hydroxylation sites is 1. The number of hydrogen-bond donors (Lipinski definition) is 1. The normalized spacial score (nSPS) is 17.4. The molecule has 1 aliphatic heterocycles. The zero-order valence-electron chi connectivity index (χ0n) is 15.6. The molecule has 1 N–H and O–H groups in total. The van der Waals surface area contributed by atoms with Gasteiger partial charge in [0.15, 0.2) is 0 Å². The minimum absolute atomic E-state index is 0.108. The number of carbonyl (C=O) groups excluding carboxylic acids is 1. The van der Waals surface area contributed by atoms with Crippen molar-refractivity contribution in [3.8, 4) is 0 Å².